The van der Waals surface area contributed by atoms with Gasteiger partial charge in [0.15, 0.2) is 11.5 Å². The van der Waals surface area contributed by atoms with E-state index in [4.69, 9.17) is 40.0 Å². The van der Waals surface area contributed by atoms with Crippen molar-refractivity contribution in [3.8, 4) is 0 Å². The highest BCUT2D eigenvalue weighted by Gasteiger charge is 2.38. The summed E-state index contributed by atoms with van der Waals surface area (Å²) in [5, 5.41) is 9.04. The summed E-state index contributed by atoms with van der Waals surface area (Å²) in [6.45, 7) is 0.0419. The number of anilines is 1. The van der Waals surface area contributed by atoms with Crippen molar-refractivity contribution in [1.82, 2.24) is 19.5 Å². The number of ether oxygens (including phenoxy) is 1. The first-order chi connectivity index (χ1) is 13.7. The Hall–Kier alpha value is -1.32. The SMILES string of the molecule is Nc1ncnc2c1ncn2[C@H]1CC[C@@H](CO)O1.O=P(O)(O)OP(=O)(O)OP(=O)(O)O. The maximum atomic E-state index is 10.4. The van der Waals surface area contributed by atoms with Crippen molar-refractivity contribution in [2.75, 3.05) is 12.3 Å². The number of aliphatic hydroxyl groups excluding tert-OH is 1. The summed E-state index contributed by atoms with van der Waals surface area (Å²) >= 11 is 0. The van der Waals surface area contributed by atoms with Crippen molar-refractivity contribution in [3.63, 3.8) is 0 Å². The minimum absolute atomic E-state index is 0.0419. The number of imidazole rings is 1. The molecule has 1 aliphatic rings. The van der Waals surface area contributed by atoms with E-state index in [2.05, 4.69) is 23.6 Å². The Morgan fingerprint density at radius 2 is 1.67 bits per heavy atom. The molecule has 0 bridgehead atoms. The van der Waals surface area contributed by atoms with Crippen LogP contribution in [0.2, 0.25) is 0 Å². The summed E-state index contributed by atoms with van der Waals surface area (Å²) in [7, 11) is -16.2. The van der Waals surface area contributed by atoms with Gasteiger partial charge in [-0.15, -0.1) is 0 Å². The van der Waals surface area contributed by atoms with Crippen LogP contribution in [0, 0.1) is 0 Å². The van der Waals surface area contributed by atoms with E-state index in [0.717, 1.165) is 12.8 Å². The first kappa shape index (κ1) is 24.9. The quantitative estimate of drug-likeness (QED) is 0.247. The molecular formula is C10H18N5O12P3. The van der Waals surface area contributed by atoms with Gasteiger partial charge in [-0.2, -0.15) is 8.62 Å². The molecular weight excluding hydrogens is 475 g/mol. The molecule has 3 heterocycles. The van der Waals surface area contributed by atoms with E-state index in [1.165, 1.54) is 6.33 Å². The van der Waals surface area contributed by atoms with Crippen molar-refractivity contribution in [3.05, 3.63) is 12.7 Å². The predicted molar refractivity (Wildman–Crippen MR) is 96.0 cm³/mol. The van der Waals surface area contributed by atoms with E-state index in [1.807, 2.05) is 4.57 Å². The van der Waals surface area contributed by atoms with Crippen LogP contribution >= 0.6 is 23.5 Å². The third-order valence-electron chi connectivity index (χ3n) is 3.41. The molecule has 8 N–H and O–H groups in total. The second-order valence-corrected chi connectivity index (χ2v) is 9.87. The molecule has 0 aromatic carbocycles. The van der Waals surface area contributed by atoms with Gasteiger partial charge < -0.3 is 40.0 Å². The molecule has 17 nitrogen and oxygen atoms in total. The third kappa shape index (κ3) is 7.42. The predicted octanol–water partition coefficient (Wildman–Crippen LogP) is -0.616. The van der Waals surface area contributed by atoms with Crippen LogP contribution in [-0.2, 0) is 27.1 Å². The van der Waals surface area contributed by atoms with Gasteiger partial charge >= 0.3 is 23.5 Å². The van der Waals surface area contributed by atoms with Crippen molar-refractivity contribution >= 4 is 40.4 Å². The zero-order valence-corrected chi connectivity index (χ0v) is 17.5. The lowest BCUT2D eigenvalue weighted by molar-refractivity contribution is -0.0207. The van der Waals surface area contributed by atoms with Crippen LogP contribution in [0.25, 0.3) is 11.2 Å². The second-order valence-electron chi connectivity index (χ2n) is 5.67. The lowest BCUT2D eigenvalue weighted by Gasteiger charge is -2.13. The van der Waals surface area contributed by atoms with Crippen LogP contribution in [0.15, 0.2) is 12.7 Å². The van der Waals surface area contributed by atoms with Crippen LogP contribution in [-0.4, -0.2) is 61.8 Å². The standard InChI is InChI=1S/C10H13N5O2.H5O10P3/c11-9-8-10(13-4-12-9)15(5-14-8)7-2-1-6(3-16)17-7;1-11(2,3)9-13(7,8)10-12(4,5)6/h4-7,16H,1-3H2,(H2,11,12,13);(H,7,8)(H2,1,2,3)(H2,4,5,6)/t6-,7+;/m0./s1. The Morgan fingerprint density at radius 3 is 2.17 bits per heavy atom. The van der Waals surface area contributed by atoms with Gasteiger partial charge in [0.25, 0.3) is 0 Å². The Bertz CT molecular complexity index is 991. The van der Waals surface area contributed by atoms with Crippen molar-refractivity contribution in [1.29, 1.82) is 0 Å². The number of hydrogen-bond donors (Lipinski definition) is 7. The molecule has 0 amide bonds. The smallest absolute Gasteiger partial charge is 0.394 e. The first-order valence-corrected chi connectivity index (χ1v) is 12.3. The molecule has 1 aliphatic heterocycles. The summed E-state index contributed by atoms with van der Waals surface area (Å²) in [6.07, 6.45) is 4.50. The van der Waals surface area contributed by atoms with E-state index in [1.54, 1.807) is 6.33 Å². The van der Waals surface area contributed by atoms with E-state index in [-0.39, 0.29) is 18.9 Å². The molecule has 0 saturated carbocycles. The van der Waals surface area contributed by atoms with Crippen molar-refractivity contribution in [2.24, 2.45) is 0 Å². The molecule has 3 rings (SSSR count). The molecule has 0 spiro atoms. The fourth-order valence-corrected chi connectivity index (χ4v) is 4.93. The largest absolute Gasteiger partial charge is 0.490 e. The number of nitrogen functional groups attached to an aromatic ring is 1. The summed E-state index contributed by atoms with van der Waals surface area (Å²) in [4.78, 5) is 52.4. The minimum atomic E-state index is -5.46. The number of hydrogen-bond acceptors (Lipinski definition) is 11. The number of phosphoric acid groups is 3. The average Bonchev–Trinajstić information content (AvgIpc) is 3.17. The van der Waals surface area contributed by atoms with E-state index < -0.39 is 23.5 Å². The van der Waals surface area contributed by atoms with Gasteiger partial charge in [0, 0.05) is 0 Å². The van der Waals surface area contributed by atoms with E-state index in [9.17, 15) is 13.7 Å². The molecule has 2 atom stereocenters. The lowest BCUT2D eigenvalue weighted by atomic mass is 10.2. The topological polar surface area (TPSA) is 270 Å². The van der Waals surface area contributed by atoms with Crippen LogP contribution in [0.5, 0.6) is 0 Å². The average molecular weight is 493 g/mol. The van der Waals surface area contributed by atoms with Crippen LogP contribution in [0.4, 0.5) is 5.82 Å². The monoisotopic (exact) mass is 493 g/mol. The highest BCUT2D eigenvalue weighted by molar-refractivity contribution is 7.66. The Morgan fingerprint density at radius 1 is 1.07 bits per heavy atom. The first-order valence-electron chi connectivity index (χ1n) is 7.76. The van der Waals surface area contributed by atoms with Crippen molar-refractivity contribution < 1.29 is 56.6 Å². The third-order valence-corrected chi connectivity index (χ3v) is 6.76. The minimum Gasteiger partial charge on any atom is -0.394 e. The molecule has 0 radical (unpaired) electrons. The highest BCUT2D eigenvalue weighted by atomic mass is 31.3. The maximum Gasteiger partial charge on any atom is 0.490 e. The van der Waals surface area contributed by atoms with Crippen molar-refractivity contribution in [2.45, 2.75) is 25.2 Å². The van der Waals surface area contributed by atoms with Gasteiger partial charge in [-0.05, 0) is 12.8 Å². The van der Waals surface area contributed by atoms with Gasteiger partial charge in [0.05, 0.1) is 19.0 Å². The molecule has 0 aliphatic carbocycles. The number of aromatic nitrogens is 4. The van der Waals surface area contributed by atoms with Crippen LogP contribution < -0.4 is 5.73 Å². The fourth-order valence-electron chi connectivity index (χ4n) is 2.39. The molecule has 30 heavy (non-hydrogen) atoms. The summed E-state index contributed by atoms with van der Waals surface area (Å²) < 4.78 is 43.9. The van der Waals surface area contributed by atoms with Gasteiger partial charge in [-0.1, -0.05) is 0 Å². The highest BCUT2D eigenvalue weighted by Crippen LogP contribution is 2.64. The van der Waals surface area contributed by atoms with Gasteiger partial charge in [0.2, 0.25) is 0 Å². The molecule has 1 fully saturated rings. The zero-order valence-electron chi connectivity index (χ0n) is 14.8. The van der Waals surface area contributed by atoms with E-state index >= 15 is 0 Å². The number of nitrogens with zero attached hydrogens (tertiary/aromatic N) is 4. The summed E-state index contributed by atoms with van der Waals surface area (Å²) in [5.74, 6) is 0.366. The molecule has 2 aromatic heterocycles. The number of nitrogens with two attached hydrogens (primary N) is 1. The van der Waals surface area contributed by atoms with Gasteiger partial charge in [0.1, 0.15) is 18.1 Å². The molecule has 0 unspecified atom stereocenters. The van der Waals surface area contributed by atoms with E-state index in [0.29, 0.717) is 17.0 Å². The number of aliphatic hydroxyl groups is 1. The summed E-state index contributed by atoms with van der Waals surface area (Å²) in [5.41, 5.74) is 6.97. The molecule has 170 valence electrons. The second kappa shape index (κ2) is 9.44. The fraction of sp³-hybridized carbons (Fsp3) is 0.500. The Labute approximate surface area is 167 Å². The lowest BCUT2D eigenvalue weighted by Crippen LogP contribution is -2.14. The van der Waals surface area contributed by atoms with Gasteiger partial charge in [-0.3, -0.25) is 4.57 Å². The Balaban J connectivity index is 0.000000224. The maximum absolute atomic E-state index is 10.4. The molecule has 2 aromatic rings. The van der Waals surface area contributed by atoms with Crippen LogP contribution in [0.1, 0.15) is 19.1 Å². The normalized spacial score (nSPS) is 20.2. The zero-order chi connectivity index (χ0) is 22.7. The Kier molecular flexibility index (Phi) is 7.85. The molecule has 20 heteroatoms. The number of fused-ring (bicyclic) bond motifs is 1. The molecule has 1 saturated heterocycles. The number of rotatable bonds is 6. The van der Waals surface area contributed by atoms with Crippen LogP contribution in [0.3, 0.4) is 0 Å². The van der Waals surface area contributed by atoms with Gasteiger partial charge in [-0.25, -0.2) is 28.6 Å². The summed E-state index contributed by atoms with van der Waals surface area (Å²) in [6, 6.07) is 0.